The van der Waals surface area contributed by atoms with Crippen molar-refractivity contribution in [3.63, 3.8) is 0 Å². The van der Waals surface area contributed by atoms with E-state index in [0.717, 1.165) is 54.4 Å². The first-order valence-corrected chi connectivity index (χ1v) is 11.1. The summed E-state index contributed by atoms with van der Waals surface area (Å²) in [6.45, 7) is 0.748. The topological polar surface area (TPSA) is 82.4 Å². The Morgan fingerprint density at radius 3 is 2.76 bits per heavy atom. The highest BCUT2D eigenvalue weighted by atomic mass is 32.2. The van der Waals surface area contributed by atoms with Crippen molar-refractivity contribution in [1.82, 2.24) is 25.1 Å². The molecule has 156 valence electrons. The second-order valence-electron chi connectivity index (χ2n) is 7.49. The number of thioether (sulfide) groups is 1. The predicted molar refractivity (Wildman–Crippen MR) is 109 cm³/mol. The Kier molecular flexibility index (Phi) is 6.22. The van der Waals surface area contributed by atoms with Gasteiger partial charge in [0.2, 0.25) is 11.1 Å². The van der Waals surface area contributed by atoms with E-state index in [9.17, 15) is 4.79 Å². The van der Waals surface area contributed by atoms with Crippen LogP contribution in [0.15, 0.2) is 23.4 Å². The van der Waals surface area contributed by atoms with Crippen LogP contribution in [-0.2, 0) is 4.79 Å². The van der Waals surface area contributed by atoms with Crippen LogP contribution in [0.25, 0.3) is 0 Å². The highest BCUT2D eigenvalue weighted by Crippen LogP contribution is 2.39. The first-order valence-electron chi connectivity index (χ1n) is 10.1. The van der Waals surface area contributed by atoms with Crippen LogP contribution in [0.1, 0.15) is 56.2 Å². The number of hydrogen-bond donors (Lipinski definition) is 0. The Bertz CT molecular complexity index is 852. The van der Waals surface area contributed by atoms with E-state index in [1.54, 1.807) is 14.2 Å². The van der Waals surface area contributed by atoms with Crippen molar-refractivity contribution in [2.75, 3.05) is 26.5 Å². The van der Waals surface area contributed by atoms with E-state index in [2.05, 4.69) is 15.5 Å². The van der Waals surface area contributed by atoms with Gasteiger partial charge in [0.1, 0.15) is 11.5 Å². The lowest BCUT2D eigenvalue weighted by molar-refractivity contribution is -0.129. The van der Waals surface area contributed by atoms with E-state index < -0.39 is 0 Å². The lowest BCUT2D eigenvalue weighted by Gasteiger charge is -2.26. The largest absolute Gasteiger partial charge is 0.497 e. The summed E-state index contributed by atoms with van der Waals surface area (Å²) >= 11 is 1.43. The third kappa shape index (κ3) is 4.19. The van der Waals surface area contributed by atoms with Crippen molar-refractivity contribution < 1.29 is 14.3 Å². The quantitative estimate of drug-likeness (QED) is 0.640. The van der Waals surface area contributed by atoms with Crippen molar-refractivity contribution in [1.29, 1.82) is 0 Å². The van der Waals surface area contributed by atoms with Crippen LogP contribution < -0.4 is 9.47 Å². The SMILES string of the molecule is COc1ccc(OC)c([C@H]2CCCN2C(=O)CSc2nnnn2C2CCCC2)c1. The molecule has 29 heavy (non-hydrogen) atoms. The number of likely N-dealkylation sites (tertiary alicyclic amines) is 1. The predicted octanol–water partition coefficient (Wildman–Crippen LogP) is 3.26. The summed E-state index contributed by atoms with van der Waals surface area (Å²) < 4.78 is 12.8. The van der Waals surface area contributed by atoms with E-state index in [0.29, 0.717) is 11.8 Å². The lowest BCUT2D eigenvalue weighted by Crippen LogP contribution is -2.32. The van der Waals surface area contributed by atoms with E-state index in [4.69, 9.17) is 9.47 Å². The highest BCUT2D eigenvalue weighted by Gasteiger charge is 2.32. The number of rotatable bonds is 7. The van der Waals surface area contributed by atoms with Crippen LogP contribution in [-0.4, -0.2) is 57.5 Å². The molecule has 1 atom stereocenters. The fraction of sp³-hybridized carbons (Fsp3) is 0.600. The Balaban J connectivity index is 1.46. The standard InChI is InChI=1S/C20H27N5O3S/c1-27-15-9-10-18(28-2)16(12-15)17-8-5-11-24(17)19(26)13-29-20-21-22-23-25(20)14-6-3-4-7-14/h9-10,12,14,17H,3-8,11,13H2,1-2H3/t17-/m1/s1. The summed E-state index contributed by atoms with van der Waals surface area (Å²) in [5.74, 6) is 1.98. The second-order valence-corrected chi connectivity index (χ2v) is 8.43. The number of methoxy groups -OCH3 is 2. The van der Waals surface area contributed by atoms with Crippen LogP contribution >= 0.6 is 11.8 Å². The van der Waals surface area contributed by atoms with Gasteiger partial charge in [-0.3, -0.25) is 4.79 Å². The van der Waals surface area contributed by atoms with Gasteiger partial charge < -0.3 is 14.4 Å². The normalized spacial score (nSPS) is 19.7. The number of aromatic nitrogens is 4. The van der Waals surface area contributed by atoms with Crippen molar-refractivity contribution in [2.24, 2.45) is 0 Å². The molecule has 1 saturated carbocycles. The molecule has 4 rings (SSSR count). The molecule has 0 N–H and O–H groups in total. The first kappa shape index (κ1) is 20.0. The van der Waals surface area contributed by atoms with Gasteiger partial charge in [-0.15, -0.1) is 5.10 Å². The molecule has 0 bridgehead atoms. The average Bonchev–Trinajstić information content (AvgIpc) is 3.52. The van der Waals surface area contributed by atoms with Crippen molar-refractivity contribution in [3.05, 3.63) is 23.8 Å². The molecule has 2 aliphatic rings. The third-order valence-electron chi connectivity index (χ3n) is 5.83. The molecule has 2 heterocycles. The molecular formula is C20H27N5O3S. The number of amides is 1. The molecule has 1 aromatic carbocycles. The van der Waals surface area contributed by atoms with Crippen LogP contribution in [0.5, 0.6) is 11.5 Å². The van der Waals surface area contributed by atoms with Crippen LogP contribution in [0.3, 0.4) is 0 Å². The molecule has 2 aromatic rings. The van der Waals surface area contributed by atoms with Gasteiger partial charge in [-0.2, -0.15) is 0 Å². The molecule has 0 radical (unpaired) electrons. The molecule has 9 heteroatoms. The van der Waals surface area contributed by atoms with Crippen molar-refractivity contribution in [3.8, 4) is 11.5 Å². The fourth-order valence-electron chi connectivity index (χ4n) is 4.36. The van der Waals surface area contributed by atoms with E-state index in [-0.39, 0.29) is 11.9 Å². The van der Waals surface area contributed by atoms with Crippen molar-refractivity contribution >= 4 is 17.7 Å². The monoisotopic (exact) mass is 417 g/mol. The van der Waals surface area contributed by atoms with Gasteiger partial charge in [0.15, 0.2) is 0 Å². The summed E-state index contributed by atoms with van der Waals surface area (Å²) in [5, 5.41) is 12.9. The van der Waals surface area contributed by atoms with Gasteiger partial charge in [-0.25, -0.2) is 4.68 Å². The maximum atomic E-state index is 13.1. The number of hydrogen-bond acceptors (Lipinski definition) is 7. The Morgan fingerprint density at radius 1 is 1.17 bits per heavy atom. The number of carbonyl (C=O) groups is 1. The van der Waals surface area contributed by atoms with Gasteiger partial charge in [0.25, 0.3) is 0 Å². The lowest BCUT2D eigenvalue weighted by atomic mass is 10.0. The Morgan fingerprint density at radius 2 is 2.00 bits per heavy atom. The highest BCUT2D eigenvalue weighted by molar-refractivity contribution is 7.99. The molecule has 2 fully saturated rings. The first-order chi connectivity index (χ1) is 14.2. The zero-order valence-corrected chi connectivity index (χ0v) is 17.7. The maximum absolute atomic E-state index is 13.1. The van der Waals surface area contributed by atoms with E-state index >= 15 is 0 Å². The van der Waals surface area contributed by atoms with Gasteiger partial charge in [0.05, 0.1) is 32.1 Å². The number of carbonyl (C=O) groups excluding carboxylic acids is 1. The molecule has 0 unspecified atom stereocenters. The smallest absolute Gasteiger partial charge is 0.233 e. The van der Waals surface area contributed by atoms with Crippen LogP contribution in [0, 0.1) is 0 Å². The second kappa shape index (κ2) is 9.02. The van der Waals surface area contributed by atoms with Gasteiger partial charge in [-0.1, -0.05) is 24.6 Å². The molecule has 1 aliphatic carbocycles. The summed E-state index contributed by atoms with van der Waals surface area (Å²) in [5.41, 5.74) is 0.999. The minimum Gasteiger partial charge on any atom is -0.497 e. The molecular weight excluding hydrogens is 390 g/mol. The molecule has 0 spiro atoms. The molecule has 1 amide bonds. The number of ether oxygens (including phenoxy) is 2. The molecule has 1 aliphatic heterocycles. The molecule has 1 saturated heterocycles. The van der Waals surface area contributed by atoms with Gasteiger partial charge in [0, 0.05) is 12.1 Å². The fourth-order valence-corrected chi connectivity index (χ4v) is 5.19. The number of nitrogens with zero attached hydrogens (tertiary/aromatic N) is 5. The van der Waals surface area contributed by atoms with E-state index in [1.165, 1.54) is 24.6 Å². The summed E-state index contributed by atoms with van der Waals surface area (Å²) in [4.78, 5) is 15.0. The number of benzene rings is 1. The van der Waals surface area contributed by atoms with Crippen LogP contribution in [0.4, 0.5) is 0 Å². The zero-order chi connectivity index (χ0) is 20.2. The zero-order valence-electron chi connectivity index (χ0n) is 16.9. The van der Waals surface area contributed by atoms with Crippen molar-refractivity contribution in [2.45, 2.75) is 55.8 Å². The van der Waals surface area contributed by atoms with Gasteiger partial charge >= 0.3 is 0 Å². The minimum absolute atomic E-state index is 0.000947. The molecule has 1 aromatic heterocycles. The summed E-state index contributed by atoms with van der Waals surface area (Å²) in [6, 6.07) is 6.12. The number of tetrazole rings is 1. The summed E-state index contributed by atoms with van der Waals surface area (Å²) in [7, 11) is 3.31. The third-order valence-corrected chi connectivity index (χ3v) is 6.75. The average molecular weight is 418 g/mol. The minimum atomic E-state index is -0.000947. The molecule has 8 nitrogen and oxygen atoms in total. The van der Waals surface area contributed by atoms with Crippen LogP contribution in [0.2, 0.25) is 0 Å². The Hall–Kier alpha value is -2.29. The summed E-state index contributed by atoms with van der Waals surface area (Å²) in [6.07, 6.45) is 6.53. The van der Waals surface area contributed by atoms with Gasteiger partial charge in [-0.05, 0) is 54.3 Å². The Labute approximate surface area is 174 Å². The van der Waals surface area contributed by atoms with E-state index in [1.807, 2.05) is 27.8 Å². The maximum Gasteiger partial charge on any atom is 0.233 e.